The summed E-state index contributed by atoms with van der Waals surface area (Å²) >= 11 is 5.53. The molecule has 2 heterocycles. The van der Waals surface area contributed by atoms with E-state index in [4.69, 9.17) is 17.3 Å². The van der Waals surface area contributed by atoms with Crippen LogP contribution in [0.15, 0.2) is 11.6 Å². The van der Waals surface area contributed by atoms with Crippen molar-refractivity contribution in [1.29, 1.82) is 0 Å². The summed E-state index contributed by atoms with van der Waals surface area (Å²) in [5.74, 6) is 0. The van der Waals surface area contributed by atoms with Crippen LogP contribution < -0.4 is 5.73 Å². The topological polar surface area (TPSA) is 29.3 Å². The van der Waals surface area contributed by atoms with Crippen LogP contribution >= 0.6 is 11.6 Å². The largest absolute Gasteiger partial charge is 0.328 e. The fourth-order valence-corrected chi connectivity index (χ4v) is 2.86. The van der Waals surface area contributed by atoms with E-state index in [0.29, 0.717) is 6.04 Å². The van der Waals surface area contributed by atoms with Crippen molar-refractivity contribution in [3.05, 3.63) is 11.6 Å². The van der Waals surface area contributed by atoms with Gasteiger partial charge in [-0.2, -0.15) is 0 Å². The van der Waals surface area contributed by atoms with E-state index in [1.165, 1.54) is 25.7 Å². The number of halogens is 1. The molecule has 0 aromatic heterocycles. The van der Waals surface area contributed by atoms with Crippen molar-refractivity contribution in [1.82, 2.24) is 4.90 Å². The van der Waals surface area contributed by atoms with Crippen LogP contribution in [-0.4, -0.2) is 29.6 Å². The molecule has 0 aromatic rings. The second-order valence-electron chi connectivity index (χ2n) is 4.17. The normalized spacial score (nSPS) is 40.3. The Kier molecular flexibility index (Phi) is 2.92. The maximum absolute atomic E-state index is 5.98. The lowest BCUT2D eigenvalue weighted by Gasteiger charge is -2.36. The Morgan fingerprint density at radius 3 is 2.46 bits per heavy atom. The van der Waals surface area contributed by atoms with E-state index in [-0.39, 0.29) is 0 Å². The smallest absolute Gasteiger partial charge is 0.0180 e. The Morgan fingerprint density at radius 1 is 1.31 bits per heavy atom. The van der Waals surface area contributed by atoms with Crippen molar-refractivity contribution in [3.63, 3.8) is 0 Å². The molecule has 2 bridgehead atoms. The molecule has 3 heteroatoms. The van der Waals surface area contributed by atoms with Gasteiger partial charge in [-0.15, -0.1) is 0 Å². The van der Waals surface area contributed by atoms with Gasteiger partial charge in [-0.25, -0.2) is 0 Å². The van der Waals surface area contributed by atoms with Gasteiger partial charge in [0.25, 0.3) is 0 Å². The summed E-state index contributed by atoms with van der Waals surface area (Å²) < 4.78 is 0. The number of rotatable bonds is 2. The maximum atomic E-state index is 5.98. The Balaban J connectivity index is 1.98. The predicted octanol–water partition coefficient (Wildman–Crippen LogP) is 1.69. The van der Waals surface area contributed by atoms with Gasteiger partial charge < -0.3 is 5.73 Å². The fraction of sp³-hybridized carbons (Fsp3) is 0.800. The molecule has 0 aromatic carbocycles. The van der Waals surface area contributed by atoms with Gasteiger partial charge in [0.05, 0.1) is 0 Å². The standard InChI is InChI=1S/C10H17ClN2/c11-4-1-5-13-9-2-3-10(13)7-8(12)6-9/h1,4,8-10H,2-3,5-7,12H2. The Bertz CT molecular complexity index is 191. The lowest BCUT2D eigenvalue weighted by molar-refractivity contribution is 0.144. The van der Waals surface area contributed by atoms with Crippen molar-refractivity contribution in [2.75, 3.05) is 6.54 Å². The SMILES string of the molecule is NC1CC2CCC(C1)N2CC=CCl. The molecule has 2 unspecified atom stereocenters. The number of nitrogens with zero attached hydrogens (tertiary/aromatic N) is 1. The first-order valence-corrected chi connectivity index (χ1v) is 5.51. The highest BCUT2D eigenvalue weighted by atomic mass is 35.5. The zero-order valence-electron chi connectivity index (χ0n) is 7.82. The summed E-state index contributed by atoms with van der Waals surface area (Å²) in [5.41, 5.74) is 7.59. The van der Waals surface area contributed by atoms with Crippen LogP contribution in [0.4, 0.5) is 0 Å². The van der Waals surface area contributed by atoms with Gasteiger partial charge in [-0.05, 0) is 25.7 Å². The number of hydrogen-bond donors (Lipinski definition) is 1. The second-order valence-corrected chi connectivity index (χ2v) is 4.43. The number of fused-ring (bicyclic) bond motifs is 2. The average molecular weight is 201 g/mol. The lowest BCUT2D eigenvalue weighted by Crippen LogP contribution is -2.47. The maximum Gasteiger partial charge on any atom is 0.0180 e. The third-order valence-corrected chi connectivity index (χ3v) is 3.50. The summed E-state index contributed by atoms with van der Waals surface area (Å²) in [6, 6.07) is 1.89. The van der Waals surface area contributed by atoms with Crippen molar-refractivity contribution in [2.45, 2.75) is 43.8 Å². The van der Waals surface area contributed by atoms with Gasteiger partial charge in [0.15, 0.2) is 0 Å². The monoisotopic (exact) mass is 200 g/mol. The van der Waals surface area contributed by atoms with E-state index in [9.17, 15) is 0 Å². The third kappa shape index (κ3) is 1.90. The molecule has 2 aliphatic rings. The van der Waals surface area contributed by atoms with Crippen LogP contribution in [0.1, 0.15) is 25.7 Å². The second kappa shape index (κ2) is 3.99. The summed E-state index contributed by atoms with van der Waals surface area (Å²) in [5, 5.41) is 0. The van der Waals surface area contributed by atoms with Gasteiger partial charge in [-0.3, -0.25) is 4.90 Å². The van der Waals surface area contributed by atoms with Crippen LogP contribution in [0, 0.1) is 0 Å². The van der Waals surface area contributed by atoms with Crippen molar-refractivity contribution >= 4 is 11.6 Å². The highest BCUT2D eigenvalue weighted by Crippen LogP contribution is 2.34. The van der Waals surface area contributed by atoms with E-state index in [0.717, 1.165) is 18.6 Å². The first kappa shape index (κ1) is 9.50. The van der Waals surface area contributed by atoms with Crippen LogP contribution in [0.3, 0.4) is 0 Å². The highest BCUT2D eigenvalue weighted by Gasteiger charge is 2.38. The zero-order valence-corrected chi connectivity index (χ0v) is 8.58. The van der Waals surface area contributed by atoms with Gasteiger partial charge in [0.2, 0.25) is 0 Å². The lowest BCUT2D eigenvalue weighted by atomic mass is 9.98. The molecule has 2 aliphatic heterocycles. The van der Waals surface area contributed by atoms with Gasteiger partial charge >= 0.3 is 0 Å². The van der Waals surface area contributed by atoms with E-state index < -0.39 is 0 Å². The quantitative estimate of drug-likeness (QED) is 0.735. The van der Waals surface area contributed by atoms with E-state index in [1.54, 1.807) is 5.54 Å². The summed E-state index contributed by atoms with van der Waals surface area (Å²) in [6.07, 6.45) is 7.03. The van der Waals surface area contributed by atoms with Crippen LogP contribution in [0.2, 0.25) is 0 Å². The average Bonchev–Trinajstić information content (AvgIpc) is 2.33. The summed E-state index contributed by atoms with van der Waals surface area (Å²) in [6.45, 7) is 1.01. The summed E-state index contributed by atoms with van der Waals surface area (Å²) in [4.78, 5) is 2.56. The van der Waals surface area contributed by atoms with Gasteiger partial charge in [-0.1, -0.05) is 17.7 Å². The fourth-order valence-electron chi connectivity index (χ4n) is 2.78. The molecule has 13 heavy (non-hydrogen) atoms. The minimum Gasteiger partial charge on any atom is -0.328 e. The molecule has 2 fully saturated rings. The van der Waals surface area contributed by atoms with Gasteiger partial charge in [0.1, 0.15) is 0 Å². The number of hydrogen-bond acceptors (Lipinski definition) is 2. The Labute approximate surface area is 84.7 Å². The molecule has 0 saturated carbocycles. The highest BCUT2D eigenvalue weighted by molar-refractivity contribution is 6.25. The van der Waals surface area contributed by atoms with E-state index in [2.05, 4.69) is 4.90 Å². The van der Waals surface area contributed by atoms with Crippen molar-refractivity contribution in [3.8, 4) is 0 Å². The molecule has 2 N–H and O–H groups in total. The molecular weight excluding hydrogens is 184 g/mol. The minimum absolute atomic E-state index is 0.439. The number of piperidine rings is 1. The first-order valence-electron chi connectivity index (χ1n) is 5.08. The molecule has 74 valence electrons. The molecule has 2 saturated heterocycles. The number of nitrogens with two attached hydrogens (primary N) is 1. The predicted molar refractivity (Wildman–Crippen MR) is 55.7 cm³/mol. The minimum atomic E-state index is 0.439. The zero-order chi connectivity index (χ0) is 9.26. The van der Waals surface area contributed by atoms with Crippen LogP contribution in [0.5, 0.6) is 0 Å². The van der Waals surface area contributed by atoms with Gasteiger partial charge in [0, 0.05) is 30.2 Å². The molecule has 0 amide bonds. The summed E-state index contributed by atoms with van der Waals surface area (Å²) in [7, 11) is 0. The Morgan fingerprint density at radius 2 is 1.92 bits per heavy atom. The van der Waals surface area contributed by atoms with E-state index in [1.807, 2.05) is 6.08 Å². The van der Waals surface area contributed by atoms with Crippen molar-refractivity contribution in [2.24, 2.45) is 5.73 Å². The molecule has 2 atom stereocenters. The van der Waals surface area contributed by atoms with E-state index >= 15 is 0 Å². The van der Waals surface area contributed by atoms with Crippen LogP contribution in [0.25, 0.3) is 0 Å². The first-order chi connectivity index (χ1) is 6.31. The van der Waals surface area contributed by atoms with Crippen molar-refractivity contribution < 1.29 is 0 Å². The molecule has 0 spiro atoms. The van der Waals surface area contributed by atoms with Crippen LogP contribution in [-0.2, 0) is 0 Å². The molecule has 2 nitrogen and oxygen atoms in total. The molecule has 2 rings (SSSR count). The third-order valence-electron chi connectivity index (χ3n) is 3.33. The molecular formula is C10H17ClN2. The Hall–Kier alpha value is -0.0500. The molecule has 0 aliphatic carbocycles. The molecule has 0 radical (unpaired) electrons.